The molecule has 0 aliphatic rings. The third-order valence-corrected chi connectivity index (χ3v) is 4.91. The number of halogens is 3. The number of benzene rings is 2. The number of hydrogen-bond acceptors (Lipinski definition) is 4. The first kappa shape index (κ1) is 21.2. The number of esters is 1. The number of rotatable bonds is 6. The van der Waals surface area contributed by atoms with Crippen LogP contribution in [0, 0.1) is 11.6 Å². The third kappa shape index (κ3) is 5.94. The largest absolute Gasteiger partial charge is 0.462 e. The minimum absolute atomic E-state index is 0.0485. The molecule has 0 saturated carbocycles. The second-order valence-corrected chi connectivity index (χ2v) is 7.76. The maximum Gasteiger partial charge on any atom is 0.319 e. The summed E-state index contributed by atoms with van der Waals surface area (Å²) >= 11 is 7.14. The normalized spacial score (nSPS) is 12.0. The molecule has 0 aliphatic heterocycles. The van der Waals surface area contributed by atoms with Crippen LogP contribution in [0.3, 0.4) is 0 Å². The number of ether oxygens (including phenoxy) is 1. The Kier molecular flexibility index (Phi) is 7.21. The van der Waals surface area contributed by atoms with Crippen molar-refractivity contribution in [3.63, 3.8) is 0 Å². The molecular weight excluding hydrogens is 396 g/mol. The van der Waals surface area contributed by atoms with Gasteiger partial charge in [0.25, 0.3) is 5.91 Å². The van der Waals surface area contributed by atoms with Crippen molar-refractivity contribution >= 4 is 40.9 Å². The van der Waals surface area contributed by atoms with Crippen LogP contribution in [0.15, 0.2) is 41.3 Å². The number of nitrogens with one attached hydrogen (secondary N) is 1. The Balaban J connectivity index is 2.20. The summed E-state index contributed by atoms with van der Waals surface area (Å²) in [4.78, 5) is 24.6. The first-order chi connectivity index (χ1) is 12.7. The molecule has 0 aliphatic carbocycles. The molecule has 0 radical (unpaired) electrons. The van der Waals surface area contributed by atoms with Crippen LogP contribution in [0.1, 0.15) is 31.1 Å². The summed E-state index contributed by atoms with van der Waals surface area (Å²) in [7, 11) is 0. The molecule has 0 saturated heterocycles. The predicted octanol–water partition coefficient (Wildman–Crippen LogP) is 5.30. The van der Waals surface area contributed by atoms with Crippen LogP contribution in [0.4, 0.5) is 14.5 Å². The van der Waals surface area contributed by atoms with E-state index < -0.39 is 28.8 Å². The van der Waals surface area contributed by atoms with Crippen molar-refractivity contribution in [3.8, 4) is 0 Å². The van der Waals surface area contributed by atoms with Gasteiger partial charge in [-0.2, -0.15) is 0 Å². The fourth-order valence-corrected chi connectivity index (χ4v) is 3.28. The van der Waals surface area contributed by atoms with Crippen molar-refractivity contribution in [2.45, 2.75) is 37.0 Å². The quantitative estimate of drug-likeness (QED) is 0.515. The maximum absolute atomic E-state index is 14.2. The zero-order valence-electron chi connectivity index (χ0n) is 14.9. The van der Waals surface area contributed by atoms with Gasteiger partial charge in [0.05, 0.1) is 16.8 Å². The highest BCUT2D eigenvalue weighted by Crippen LogP contribution is 2.35. The number of carbonyl (C=O) groups is 2. The fraction of sp³-hybridized carbons (Fsp3) is 0.263. The summed E-state index contributed by atoms with van der Waals surface area (Å²) in [6.07, 6.45) is -0.259. The Morgan fingerprint density at radius 3 is 2.48 bits per heavy atom. The minimum Gasteiger partial charge on any atom is -0.462 e. The molecule has 1 unspecified atom stereocenters. The van der Waals surface area contributed by atoms with Gasteiger partial charge in [-0.1, -0.05) is 17.7 Å². The van der Waals surface area contributed by atoms with Gasteiger partial charge in [-0.3, -0.25) is 9.59 Å². The molecule has 2 rings (SSSR count). The summed E-state index contributed by atoms with van der Waals surface area (Å²) in [5.74, 6) is -2.42. The average molecular weight is 414 g/mol. The first-order valence-corrected chi connectivity index (χ1v) is 9.36. The highest BCUT2D eigenvalue weighted by Gasteiger charge is 2.20. The van der Waals surface area contributed by atoms with Crippen LogP contribution in [0.2, 0.25) is 5.02 Å². The van der Waals surface area contributed by atoms with Gasteiger partial charge in [0.1, 0.15) is 16.9 Å². The summed E-state index contributed by atoms with van der Waals surface area (Å²) in [6.45, 7) is 5.11. The summed E-state index contributed by atoms with van der Waals surface area (Å²) in [6, 6.07) is 7.41. The zero-order chi connectivity index (χ0) is 20.1. The lowest BCUT2D eigenvalue weighted by atomic mass is 10.2. The zero-order valence-corrected chi connectivity index (χ0v) is 16.5. The average Bonchev–Trinajstić information content (AvgIpc) is 2.58. The molecule has 1 amide bonds. The molecule has 144 valence electrons. The van der Waals surface area contributed by atoms with Crippen molar-refractivity contribution in [3.05, 3.63) is 58.6 Å². The summed E-state index contributed by atoms with van der Waals surface area (Å²) in [5, 5.41) is 1.91. The number of hydrogen-bond donors (Lipinski definition) is 1. The van der Waals surface area contributed by atoms with E-state index in [0.29, 0.717) is 4.90 Å². The molecule has 4 nitrogen and oxygen atoms in total. The van der Waals surface area contributed by atoms with E-state index in [1.165, 1.54) is 24.3 Å². The van der Waals surface area contributed by atoms with Crippen LogP contribution in [0.5, 0.6) is 0 Å². The monoisotopic (exact) mass is 413 g/mol. The van der Waals surface area contributed by atoms with E-state index in [4.69, 9.17) is 16.3 Å². The highest BCUT2D eigenvalue weighted by molar-refractivity contribution is 8.00. The van der Waals surface area contributed by atoms with Gasteiger partial charge in [0, 0.05) is 10.5 Å². The summed E-state index contributed by atoms with van der Waals surface area (Å²) in [5.41, 5.74) is -0.0759. The van der Waals surface area contributed by atoms with Crippen molar-refractivity contribution in [1.82, 2.24) is 0 Å². The van der Waals surface area contributed by atoms with Crippen LogP contribution >= 0.6 is 23.4 Å². The molecule has 0 fully saturated rings. The lowest BCUT2D eigenvalue weighted by Crippen LogP contribution is -2.20. The molecule has 1 atom stereocenters. The number of amides is 1. The van der Waals surface area contributed by atoms with Gasteiger partial charge in [-0.05, 0) is 51.1 Å². The fourth-order valence-electron chi connectivity index (χ4n) is 2.11. The van der Waals surface area contributed by atoms with Gasteiger partial charge < -0.3 is 10.1 Å². The Bertz CT molecular complexity index is 861. The van der Waals surface area contributed by atoms with E-state index in [9.17, 15) is 18.4 Å². The molecule has 0 aromatic heterocycles. The lowest BCUT2D eigenvalue weighted by molar-refractivity contribution is -0.146. The van der Waals surface area contributed by atoms with Crippen molar-refractivity contribution in [2.75, 3.05) is 5.32 Å². The van der Waals surface area contributed by atoms with E-state index in [1.54, 1.807) is 20.8 Å². The Morgan fingerprint density at radius 2 is 1.85 bits per heavy atom. The second kappa shape index (κ2) is 9.19. The molecule has 0 heterocycles. The number of anilines is 1. The Hall–Kier alpha value is -2.12. The SMILES string of the molecule is CC(C)OC(=O)C(C)Sc1cc(NC(=O)c2cccc(F)c2)c(F)cc1Cl. The van der Waals surface area contributed by atoms with Gasteiger partial charge in [-0.25, -0.2) is 8.78 Å². The number of thioether (sulfide) groups is 1. The van der Waals surface area contributed by atoms with Crippen LogP contribution in [0.25, 0.3) is 0 Å². The minimum atomic E-state index is -0.744. The Labute approximate surface area is 165 Å². The van der Waals surface area contributed by atoms with E-state index in [1.807, 2.05) is 0 Å². The third-order valence-electron chi connectivity index (χ3n) is 3.34. The molecular formula is C19H18ClF2NO3S. The van der Waals surface area contributed by atoms with E-state index >= 15 is 0 Å². The molecule has 2 aromatic rings. The van der Waals surface area contributed by atoms with Crippen molar-refractivity contribution in [2.24, 2.45) is 0 Å². The number of carbonyl (C=O) groups excluding carboxylic acids is 2. The molecule has 8 heteroatoms. The smallest absolute Gasteiger partial charge is 0.319 e. The van der Waals surface area contributed by atoms with Crippen LogP contribution in [-0.4, -0.2) is 23.2 Å². The molecule has 0 bridgehead atoms. The topological polar surface area (TPSA) is 55.4 Å². The van der Waals surface area contributed by atoms with E-state index in [-0.39, 0.29) is 22.4 Å². The van der Waals surface area contributed by atoms with Crippen LogP contribution in [-0.2, 0) is 9.53 Å². The van der Waals surface area contributed by atoms with Gasteiger partial charge in [-0.15, -0.1) is 11.8 Å². The molecule has 1 N–H and O–H groups in total. The molecule has 0 spiro atoms. The van der Waals surface area contributed by atoms with Crippen molar-refractivity contribution in [1.29, 1.82) is 0 Å². The standard InChI is InChI=1S/C19H18ClF2NO3S/c1-10(2)26-19(25)11(3)27-17-9-16(15(22)8-14(17)20)23-18(24)12-5-4-6-13(21)7-12/h4-11H,1-3H3,(H,23,24). The first-order valence-electron chi connectivity index (χ1n) is 8.10. The Morgan fingerprint density at radius 1 is 1.15 bits per heavy atom. The van der Waals surface area contributed by atoms with E-state index in [2.05, 4.69) is 5.32 Å². The van der Waals surface area contributed by atoms with Gasteiger partial charge in [0.15, 0.2) is 0 Å². The highest BCUT2D eigenvalue weighted by atomic mass is 35.5. The lowest BCUT2D eigenvalue weighted by Gasteiger charge is -2.15. The predicted molar refractivity (Wildman–Crippen MR) is 102 cm³/mol. The van der Waals surface area contributed by atoms with Gasteiger partial charge in [0.2, 0.25) is 0 Å². The van der Waals surface area contributed by atoms with E-state index in [0.717, 1.165) is 23.9 Å². The maximum atomic E-state index is 14.2. The molecule has 2 aromatic carbocycles. The molecule has 27 heavy (non-hydrogen) atoms. The summed E-state index contributed by atoms with van der Waals surface area (Å²) < 4.78 is 32.6. The van der Waals surface area contributed by atoms with Crippen LogP contribution < -0.4 is 5.32 Å². The van der Waals surface area contributed by atoms with Gasteiger partial charge >= 0.3 is 5.97 Å². The second-order valence-electron chi connectivity index (χ2n) is 5.97. The van der Waals surface area contributed by atoms with Crippen molar-refractivity contribution < 1.29 is 23.1 Å².